The summed E-state index contributed by atoms with van der Waals surface area (Å²) >= 11 is 0. The van der Waals surface area contributed by atoms with Crippen molar-refractivity contribution < 1.29 is 9.53 Å². The quantitative estimate of drug-likeness (QED) is 0.815. The molecule has 1 aromatic carbocycles. The van der Waals surface area contributed by atoms with Gasteiger partial charge in [-0.25, -0.2) is 4.98 Å². The van der Waals surface area contributed by atoms with Gasteiger partial charge >= 0.3 is 0 Å². The zero-order chi connectivity index (χ0) is 19.1. The van der Waals surface area contributed by atoms with Gasteiger partial charge in [0.15, 0.2) is 0 Å². The van der Waals surface area contributed by atoms with E-state index in [0.717, 1.165) is 49.7 Å². The zero-order valence-corrected chi connectivity index (χ0v) is 16.2. The molecular weight excluding hydrogens is 338 g/mol. The topological polar surface area (TPSA) is 54.5 Å². The third-order valence-corrected chi connectivity index (χ3v) is 5.27. The smallest absolute Gasteiger partial charge is 0.228 e. The second kappa shape index (κ2) is 9.51. The Hall–Kier alpha value is -2.40. The highest BCUT2D eigenvalue weighted by atomic mass is 16.5. The Morgan fingerprint density at radius 3 is 2.56 bits per heavy atom. The van der Waals surface area contributed by atoms with Crippen molar-refractivity contribution in [1.82, 2.24) is 10.3 Å². The maximum Gasteiger partial charge on any atom is 0.228 e. The number of hydrogen-bond acceptors (Lipinski definition) is 4. The fraction of sp³-hybridized carbons (Fsp3) is 0.455. The Morgan fingerprint density at radius 2 is 1.93 bits per heavy atom. The first-order chi connectivity index (χ1) is 13.2. The van der Waals surface area contributed by atoms with E-state index in [1.807, 2.05) is 48.7 Å². The van der Waals surface area contributed by atoms with Crippen LogP contribution in [0.25, 0.3) is 0 Å². The van der Waals surface area contributed by atoms with Crippen molar-refractivity contribution in [1.29, 1.82) is 0 Å². The van der Waals surface area contributed by atoms with Gasteiger partial charge in [-0.1, -0.05) is 56.7 Å². The summed E-state index contributed by atoms with van der Waals surface area (Å²) in [6.07, 6.45) is 2.81. The molecule has 0 aliphatic carbocycles. The molecule has 1 aliphatic rings. The number of hydrogen-bond donors (Lipinski definition) is 1. The second-order valence-corrected chi connectivity index (χ2v) is 7.12. The van der Waals surface area contributed by atoms with Crippen LogP contribution in [0, 0.1) is 5.92 Å². The highest BCUT2D eigenvalue weighted by Gasteiger charge is 2.25. The first-order valence-electron chi connectivity index (χ1n) is 9.79. The monoisotopic (exact) mass is 367 g/mol. The predicted octanol–water partition coefficient (Wildman–Crippen LogP) is 3.36. The molecule has 27 heavy (non-hydrogen) atoms. The summed E-state index contributed by atoms with van der Waals surface area (Å²) < 4.78 is 5.38. The number of aromatic nitrogens is 1. The van der Waals surface area contributed by atoms with E-state index in [1.165, 1.54) is 0 Å². The summed E-state index contributed by atoms with van der Waals surface area (Å²) in [4.78, 5) is 19.7. The van der Waals surface area contributed by atoms with E-state index in [9.17, 15) is 4.79 Å². The molecule has 144 valence electrons. The van der Waals surface area contributed by atoms with E-state index in [4.69, 9.17) is 4.74 Å². The Morgan fingerprint density at radius 1 is 1.19 bits per heavy atom. The lowest BCUT2D eigenvalue weighted by Crippen LogP contribution is -2.36. The molecule has 2 atom stereocenters. The SMILES string of the molecule is CC[C@@H](C)[C@H](C(=O)NCc1ccc(N2CCOCC2)nc1)c1ccccc1. The number of carbonyl (C=O) groups is 1. The van der Waals surface area contributed by atoms with Crippen LogP contribution in [0.3, 0.4) is 0 Å². The average Bonchev–Trinajstić information content (AvgIpc) is 2.74. The minimum atomic E-state index is -0.128. The summed E-state index contributed by atoms with van der Waals surface area (Å²) in [7, 11) is 0. The average molecular weight is 367 g/mol. The standard InChI is InChI=1S/C22H29N3O2/c1-3-17(2)21(19-7-5-4-6-8-19)22(26)24-16-18-9-10-20(23-15-18)25-11-13-27-14-12-25/h4-10,15,17,21H,3,11-14,16H2,1-2H3,(H,24,26)/t17-,21+/m1/s1. The first kappa shape index (κ1) is 19.4. The van der Waals surface area contributed by atoms with Crippen molar-refractivity contribution in [2.24, 2.45) is 5.92 Å². The van der Waals surface area contributed by atoms with Gasteiger partial charge in [-0.15, -0.1) is 0 Å². The minimum absolute atomic E-state index is 0.0767. The molecule has 1 aromatic heterocycles. The maximum atomic E-state index is 12.9. The minimum Gasteiger partial charge on any atom is -0.378 e. The van der Waals surface area contributed by atoms with Crippen molar-refractivity contribution >= 4 is 11.7 Å². The molecule has 5 heteroatoms. The van der Waals surface area contributed by atoms with E-state index < -0.39 is 0 Å². The summed E-state index contributed by atoms with van der Waals surface area (Å²) in [6.45, 7) is 7.99. The van der Waals surface area contributed by atoms with Gasteiger partial charge in [-0.3, -0.25) is 4.79 Å². The summed E-state index contributed by atoms with van der Waals surface area (Å²) in [5, 5.41) is 3.10. The zero-order valence-electron chi connectivity index (χ0n) is 16.2. The number of nitrogens with one attached hydrogen (secondary N) is 1. The van der Waals surface area contributed by atoms with Gasteiger partial charge in [-0.2, -0.15) is 0 Å². The van der Waals surface area contributed by atoms with Gasteiger partial charge in [0.05, 0.1) is 19.1 Å². The number of morpholine rings is 1. The van der Waals surface area contributed by atoms with Gasteiger partial charge in [0.2, 0.25) is 5.91 Å². The molecule has 3 rings (SSSR count). The Labute approximate surface area is 161 Å². The number of rotatable bonds is 7. The Bertz CT molecular complexity index is 712. The van der Waals surface area contributed by atoms with E-state index in [1.54, 1.807) is 0 Å². The largest absolute Gasteiger partial charge is 0.378 e. The van der Waals surface area contributed by atoms with E-state index in [2.05, 4.69) is 29.0 Å². The molecule has 0 saturated carbocycles. The molecule has 2 heterocycles. The van der Waals surface area contributed by atoms with Crippen molar-refractivity contribution in [2.45, 2.75) is 32.7 Å². The molecule has 0 radical (unpaired) electrons. The van der Waals surface area contributed by atoms with Crippen LogP contribution in [-0.2, 0) is 16.1 Å². The van der Waals surface area contributed by atoms with Crippen LogP contribution in [0.15, 0.2) is 48.7 Å². The first-order valence-corrected chi connectivity index (χ1v) is 9.79. The van der Waals surface area contributed by atoms with Crippen molar-refractivity contribution in [3.8, 4) is 0 Å². The highest BCUT2D eigenvalue weighted by Crippen LogP contribution is 2.27. The lowest BCUT2D eigenvalue weighted by Gasteiger charge is -2.27. The van der Waals surface area contributed by atoms with Crippen LogP contribution in [0.2, 0.25) is 0 Å². The summed E-state index contributed by atoms with van der Waals surface area (Å²) in [6, 6.07) is 14.1. The molecular formula is C22H29N3O2. The predicted molar refractivity (Wildman–Crippen MR) is 108 cm³/mol. The highest BCUT2D eigenvalue weighted by molar-refractivity contribution is 5.83. The number of carbonyl (C=O) groups excluding carboxylic acids is 1. The van der Waals surface area contributed by atoms with Crippen LogP contribution in [0.1, 0.15) is 37.3 Å². The van der Waals surface area contributed by atoms with Crippen LogP contribution in [0.4, 0.5) is 5.82 Å². The van der Waals surface area contributed by atoms with Gasteiger partial charge in [-0.05, 0) is 23.1 Å². The van der Waals surface area contributed by atoms with Gasteiger partial charge in [0.1, 0.15) is 5.82 Å². The fourth-order valence-electron chi connectivity index (χ4n) is 3.43. The van der Waals surface area contributed by atoms with Crippen LogP contribution in [0.5, 0.6) is 0 Å². The number of benzene rings is 1. The summed E-state index contributed by atoms with van der Waals surface area (Å²) in [5.74, 6) is 1.20. The molecule has 1 saturated heterocycles. The normalized spacial score (nSPS) is 16.6. The molecule has 5 nitrogen and oxygen atoms in total. The number of pyridine rings is 1. The summed E-state index contributed by atoms with van der Waals surface area (Å²) in [5.41, 5.74) is 2.08. The van der Waals surface area contributed by atoms with Crippen LogP contribution < -0.4 is 10.2 Å². The lowest BCUT2D eigenvalue weighted by atomic mass is 9.85. The van der Waals surface area contributed by atoms with Crippen molar-refractivity contribution in [3.05, 3.63) is 59.8 Å². The Kier molecular flexibility index (Phi) is 6.82. The maximum absolute atomic E-state index is 12.9. The third-order valence-electron chi connectivity index (χ3n) is 5.27. The van der Waals surface area contributed by atoms with Crippen molar-refractivity contribution in [3.63, 3.8) is 0 Å². The molecule has 0 spiro atoms. The molecule has 1 amide bonds. The molecule has 2 aromatic rings. The number of ether oxygens (including phenoxy) is 1. The van der Waals surface area contributed by atoms with E-state index in [-0.39, 0.29) is 17.7 Å². The molecule has 0 unspecified atom stereocenters. The van der Waals surface area contributed by atoms with Gasteiger partial charge in [0, 0.05) is 25.8 Å². The third kappa shape index (κ3) is 5.07. The van der Waals surface area contributed by atoms with Crippen molar-refractivity contribution in [2.75, 3.05) is 31.2 Å². The molecule has 1 fully saturated rings. The number of amides is 1. The van der Waals surface area contributed by atoms with Gasteiger partial charge < -0.3 is 15.0 Å². The number of nitrogens with zero attached hydrogens (tertiary/aromatic N) is 2. The van der Waals surface area contributed by atoms with E-state index >= 15 is 0 Å². The second-order valence-electron chi connectivity index (χ2n) is 7.12. The molecule has 1 aliphatic heterocycles. The fourth-order valence-corrected chi connectivity index (χ4v) is 3.43. The van der Waals surface area contributed by atoms with E-state index in [0.29, 0.717) is 6.54 Å². The molecule has 0 bridgehead atoms. The van der Waals surface area contributed by atoms with Crippen LogP contribution in [-0.4, -0.2) is 37.2 Å². The number of anilines is 1. The molecule has 1 N–H and O–H groups in total. The lowest BCUT2D eigenvalue weighted by molar-refractivity contribution is -0.123. The van der Waals surface area contributed by atoms with Crippen LogP contribution >= 0.6 is 0 Å². The van der Waals surface area contributed by atoms with Gasteiger partial charge in [0.25, 0.3) is 0 Å². The Balaban J connectivity index is 1.61.